The molecular weight excluding hydrogens is 340 g/mol. The SMILES string of the molecule is Cc1ccc(-c2cc(C(=O)Nc3ccccc3C(=O)NC3CC3)[nH]n2)cc1. The van der Waals surface area contributed by atoms with Crippen molar-refractivity contribution in [1.82, 2.24) is 15.5 Å². The Morgan fingerprint density at radius 1 is 1.04 bits per heavy atom. The van der Waals surface area contributed by atoms with Crippen LogP contribution < -0.4 is 10.6 Å². The molecule has 1 heterocycles. The lowest BCUT2D eigenvalue weighted by molar-refractivity contribution is 0.0952. The zero-order valence-electron chi connectivity index (χ0n) is 15.0. The zero-order chi connectivity index (χ0) is 18.8. The topological polar surface area (TPSA) is 86.9 Å². The average molecular weight is 360 g/mol. The van der Waals surface area contributed by atoms with Crippen LogP contribution in [-0.4, -0.2) is 28.1 Å². The van der Waals surface area contributed by atoms with E-state index in [1.54, 1.807) is 30.3 Å². The second-order valence-corrected chi connectivity index (χ2v) is 6.78. The summed E-state index contributed by atoms with van der Waals surface area (Å²) >= 11 is 0. The van der Waals surface area contributed by atoms with Crippen LogP contribution >= 0.6 is 0 Å². The normalized spacial score (nSPS) is 13.2. The summed E-state index contributed by atoms with van der Waals surface area (Å²) in [7, 11) is 0. The number of benzene rings is 2. The highest BCUT2D eigenvalue weighted by molar-refractivity contribution is 6.08. The van der Waals surface area contributed by atoms with Gasteiger partial charge in [-0.3, -0.25) is 14.7 Å². The van der Waals surface area contributed by atoms with Crippen molar-refractivity contribution in [2.24, 2.45) is 0 Å². The number of carbonyl (C=O) groups is 2. The highest BCUT2D eigenvalue weighted by Gasteiger charge is 2.25. The smallest absolute Gasteiger partial charge is 0.273 e. The molecule has 6 heteroatoms. The number of aryl methyl sites for hydroxylation is 1. The van der Waals surface area contributed by atoms with Crippen molar-refractivity contribution in [3.05, 3.63) is 71.4 Å². The van der Waals surface area contributed by atoms with Crippen molar-refractivity contribution in [1.29, 1.82) is 0 Å². The van der Waals surface area contributed by atoms with E-state index < -0.39 is 0 Å². The van der Waals surface area contributed by atoms with Gasteiger partial charge >= 0.3 is 0 Å². The number of carbonyl (C=O) groups excluding carboxylic acids is 2. The molecule has 0 unspecified atom stereocenters. The number of nitrogens with zero attached hydrogens (tertiary/aromatic N) is 1. The molecule has 3 N–H and O–H groups in total. The molecule has 0 saturated heterocycles. The van der Waals surface area contributed by atoms with Gasteiger partial charge in [0.1, 0.15) is 5.69 Å². The first kappa shape index (κ1) is 17.0. The van der Waals surface area contributed by atoms with Gasteiger partial charge in [0, 0.05) is 11.6 Å². The standard InChI is InChI=1S/C21H20N4O2/c1-13-6-8-14(9-7-13)18-12-19(25-24-18)21(27)23-17-5-3-2-4-16(17)20(26)22-15-10-11-15/h2-9,12,15H,10-11H2,1H3,(H,22,26)(H,23,27)(H,24,25). The molecule has 2 amide bonds. The number of amides is 2. The molecule has 1 saturated carbocycles. The number of rotatable bonds is 5. The van der Waals surface area contributed by atoms with Crippen molar-refractivity contribution in [2.75, 3.05) is 5.32 Å². The lowest BCUT2D eigenvalue weighted by Crippen LogP contribution is -2.27. The molecule has 1 aromatic heterocycles. The molecule has 0 atom stereocenters. The first-order valence-corrected chi connectivity index (χ1v) is 8.94. The van der Waals surface area contributed by atoms with Crippen molar-refractivity contribution < 1.29 is 9.59 Å². The Balaban J connectivity index is 1.51. The number of nitrogens with one attached hydrogen (secondary N) is 3. The largest absolute Gasteiger partial charge is 0.349 e. The van der Waals surface area contributed by atoms with E-state index in [0.29, 0.717) is 22.6 Å². The molecule has 1 aliphatic rings. The van der Waals surface area contributed by atoms with Crippen LogP contribution in [0.25, 0.3) is 11.3 Å². The molecule has 0 aliphatic heterocycles. The summed E-state index contributed by atoms with van der Waals surface area (Å²) in [5.74, 6) is -0.508. The van der Waals surface area contributed by atoms with E-state index in [4.69, 9.17) is 0 Å². The van der Waals surface area contributed by atoms with Crippen LogP contribution in [0.5, 0.6) is 0 Å². The van der Waals surface area contributed by atoms with Crippen LogP contribution in [0.1, 0.15) is 39.3 Å². The third-order valence-electron chi connectivity index (χ3n) is 4.50. The van der Waals surface area contributed by atoms with Crippen molar-refractivity contribution in [2.45, 2.75) is 25.8 Å². The Bertz CT molecular complexity index is 987. The highest BCUT2D eigenvalue weighted by Crippen LogP contribution is 2.22. The number of hydrogen-bond donors (Lipinski definition) is 3. The summed E-state index contributed by atoms with van der Waals surface area (Å²) in [6.45, 7) is 2.02. The van der Waals surface area contributed by atoms with E-state index in [1.807, 2.05) is 31.2 Å². The molecule has 0 radical (unpaired) electrons. The van der Waals surface area contributed by atoms with Gasteiger partial charge in [0.05, 0.1) is 16.9 Å². The predicted octanol–water partition coefficient (Wildman–Crippen LogP) is 3.53. The van der Waals surface area contributed by atoms with Gasteiger partial charge in [0.15, 0.2) is 0 Å². The van der Waals surface area contributed by atoms with Crippen molar-refractivity contribution >= 4 is 17.5 Å². The van der Waals surface area contributed by atoms with Gasteiger partial charge in [-0.15, -0.1) is 0 Å². The molecule has 0 spiro atoms. The Kier molecular flexibility index (Phi) is 4.46. The summed E-state index contributed by atoms with van der Waals surface area (Å²) in [5, 5.41) is 12.7. The first-order valence-electron chi connectivity index (χ1n) is 8.94. The molecule has 1 aliphatic carbocycles. The molecule has 0 bridgehead atoms. The van der Waals surface area contributed by atoms with Gasteiger partial charge in [0.25, 0.3) is 11.8 Å². The number of para-hydroxylation sites is 1. The summed E-state index contributed by atoms with van der Waals surface area (Å²) in [6, 6.07) is 16.9. The number of hydrogen-bond acceptors (Lipinski definition) is 3. The van der Waals surface area contributed by atoms with E-state index in [1.165, 1.54) is 0 Å². The molecule has 136 valence electrons. The van der Waals surface area contributed by atoms with Crippen LogP contribution in [0.3, 0.4) is 0 Å². The summed E-state index contributed by atoms with van der Waals surface area (Å²) in [5.41, 5.74) is 4.06. The number of H-pyrrole nitrogens is 1. The van der Waals surface area contributed by atoms with Gasteiger partial charge in [-0.1, -0.05) is 42.0 Å². The Labute approximate surface area is 157 Å². The van der Waals surface area contributed by atoms with Gasteiger partial charge in [-0.05, 0) is 38.0 Å². The Morgan fingerprint density at radius 3 is 2.52 bits per heavy atom. The molecule has 1 fully saturated rings. The Morgan fingerprint density at radius 2 is 1.78 bits per heavy atom. The van der Waals surface area contributed by atoms with Crippen LogP contribution in [-0.2, 0) is 0 Å². The summed E-state index contributed by atoms with van der Waals surface area (Å²) in [6.07, 6.45) is 2.02. The number of anilines is 1. The van der Waals surface area contributed by atoms with Crippen LogP contribution in [0.2, 0.25) is 0 Å². The quantitative estimate of drug-likeness (QED) is 0.650. The van der Waals surface area contributed by atoms with E-state index in [2.05, 4.69) is 20.8 Å². The van der Waals surface area contributed by atoms with Crippen LogP contribution in [0.4, 0.5) is 5.69 Å². The lowest BCUT2D eigenvalue weighted by Gasteiger charge is -2.10. The molecule has 27 heavy (non-hydrogen) atoms. The maximum atomic E-state index is 12.6. The van der Waals surface area contributed by atoms with E-state index >= 15 is 0 Å². The second kappa shape index (κ2) is 7.07. The number of aromatic amines is 1. The monoisotopic (exact) mass is 360 g/mol. The minimum absolute atomic E-state index is 0.168. The first-order chi connectivity index (χ1) is 13.1. The summed E-state index contributed by atoms with van der Waals surface area (Å²) in [4.78, 5) is 25.0. The lowest BCUT2D eigenvalue weighted by atomic mass is 10.1. The van der Waals surface area contributed by atoms with Gasteiger partial charge in [0.2, 0.25) is 0 Å². The van der Waals surface area contributed by atoms with Crippen molar-refractivity contribution in [3.63, 3.8) is 0 Å². The fraction of sp³-hybridized carbons (Fsp3) is 0.190. The second-order valence-electron chi connectivity index (χ2n) is 6.78. The maximum absolute atomic E-state index is 12.6. The van der Waals surface area contributed by atoms with E-state index in [0.717, 1.165) is 24.0 Å². The minimum Gasteiger partial charge on any atom is -0.349 e. The highest BCUT2D eigenvalue weighted by atomic mass is 16.2. The van der Waals surface area contributed by atoms with Crippen LogP contribution in [0.15, 0.2) is 54.6 Å². The Hall–Kier alpha value is -3.41. The fourth-order valence-electron chi connectivity index (χ4n) is 2.78. The predicted molar refractivity (Wildman–Crippen MR) is 104 cm³/mol. The van der Waals surface area contributed by atoms with Crippen molar-refractivity contribution in [3.8, 4) is 11.3 Å². The molecule has 4 rings (SSSR count). The van der Waals surface area contributed by atoms with Gasteiger partial charge in [-0.25, -0.2) is 0 Å². The van der Waals surface area contributed by atoms with E-state index in [-0.39, 0.29) is 17.9 Å². The fourth-order valence-corrected chi connectivity index (χ4v) is 2.78. The van der Waals surface area contributed by atoms with Crippen LogP contribution in [0, 0.1) is 6.92 Å². The van der Waals surface area contributed by atoms with Gasteiger partial charge in [-0.2, -0.15) is 5.10 Å². The average Bonchev–Trinajstić information content (AvgIpc) is 3.34. The molecule has 3 aromatic rings. The molecule has 2 aromatic carbocycles. The third kappa shape index (κ3) is 3.89. The zero-order valence-corrected chi connectivity index (χ0v) is 15.0. The molecule has 6 nitrogen and oxygen atoms in total. The minimum atomic E-state index is -0.340. The third-order valence-corrected chi connectivity index (χ3v) is 4.50. The maximum Gasteiger partial charge on any atom is 0.273 e. The molecular formula is C21H20N4O2. The van der Waals surface area contributed by atoms with Gasteiger partial charge < -0.3 is 10.6 Å². The van der Waals surface area contributed by atoms with E-state index in [9.17, 15) is 9.59 Å². The number of aromatic nitrogens is 2. The summed E-state index contributed by atoms with van der Waals surface area (Å²) < 4.78 is 0.